The summed E-state index contributed by atoms with van der Waals surface area (Å²) in [6.45, 7) is 0.216. The average molecular weight is 440 g/mol. The summed E-state index contributed by atoms with van der Waals surface area (Å²) < 4.78 is 38.3. The van der Waals surface area contributed by atoms with Crippen LogP contribution in [0.25, 0.3) is 0 Å². The molecule has 1 aromatic heterocycles. The Morgan fingerprint density at radius 1 is 1.13 bits per heavy atom. The van der Waals surface area contributed by atoms with Crippen molar-refractivity contribution in [2.75, 3.05) is 13.1 Å². The van der Waals surface area contributed by atoms with Gasteiger partial charge in [0.1, 0.15) is 6.04 Å². The molecule has 2 atom stereocenters. The molecule has 1 aliphatic heterocycles. The molecule has 2 aromatic rings. The van der Waals surface area contributed by atoms with Crippen LogP contribution in [0.2, 0.25) is 0 Å². The molecule has 2 N–H and O–H groups in total. The number of carbonyl (C=O) groups is 2. The molecule has 9 heteroatoms. The van der Waals surface area contributed by atoms with Gasteiger partial charge in [-0.1, -0.05) is 36.4 Å². The fourth-order valence-electron chi connectivity index (χ4n) is 3.61. The van der Waals surface area contributed by atoms with Crippen LogP contribution < -0.4 is 5.32 Å². The first-order valence-electron chi connectivity index (χ1n) is 9.67. The Balaban J connectivity index is 1.68. The first-order valence-corrected chi connectivity index (χ1v) is 10.6. The third-order valence-electron chi connectivity index (χ3n) is 5.26. The van der Waals surface area contributed by atoms with Gasteiger partial charge < -0.3 is 15.3 Å². The number of nitrogens with one attached hydrogen (secondary N) is 1. The van der Waals surface area contributed by atoms with Gasteiger partial charge in [-0.25, -0.2) is 0 Å². The summed E-state index contributed by atoms with van der Waals surface area (Å²) in [5.41, 5.74) is 0.865. The number of nitrogens with zero attached hydrogens (tertiary/aromatic N) is 1. The number of aliphatic hydroxyl groups is 1. The van der Waals surface area contributed by atoms with Crippen LogP contribution in [0.3, 0.4) is 0 Å². The van der Waals surface area contributed by atoms with Gasteiger partial charge in [0.2, 0.25) is 5.91 Å². The van der Waals surface area contributed by atoms with Gasteiger partial charge >= 0.3 is 6.18 Å². The van der Waals surface area contributed by atoms with Crippen LogP contribution in [0.5, 0.6) is 0 Å². The van der Waals surface area contributed by atoms with E-state index >= 15 is 0 Å². The largest absolute Gasteiger partial charge is 0.414 e. The Kier molecular flexibility index (Phi) is 7.14. The Morgan fingerprint density at radius 2 is 1.80 bits per heavy atom. The lowest BCUT2D eigenvalue weighted by Crippen LogP contribution is -2.53. The van der Waals surface area contributed by atoms with Gasteiger partial charge in [0.05, 0.1) is 4.88 Å². The monoisotopic (exact) mass is 440 g/mol. The van der Waals surface area contributed by atoms with Crippen molar-refractivity contribution in [1.82, 2.24) is 10.2 Å². The zero-order valence-electron chi connectivity index (χ0n) is 16.1. The van der Waals surface area contributed by atoms with Crippen LogP contribution in [0, 0.1) is 5.92 Å². The van der Waals surface area contributed by atoms with E-state index in [-0.39, 0.29) is 44.2 Å². The van der Waals surface area contributed by atoms with Gasteiger partial charge in [-0.3, -0.25) is 9.59 Å². The van der Waals surface area contributed by atoms with Gasteiger partial charge in [-0.05, 0) is 35.8 Å². The molecule has 30 heavy (non-hydrogen) atoms. The lowest BCUT2D eigenvalue weighted by Gasteiger charge is -2.36. The molecule has 1 saturated heterocycles. The summed E-state index contributed by atoms with van der Waals surface area (Å²) in [4.78, 5) is 27.6. The van der Waals surface area contributed by atoms with Crippen molar-refractivity contribution in [1.29, 1.82) is 0 Å². The van der Waals surface area contributed by atoms with Gasteiger partial charge in [-0.2, -0.15) is 13.2 Å². The topological polar surface area (TPSA) is 69.6 Å². The number of benzene rings is 1. The van der Waals surface area contributed by atoms with E-state index in [9.17, 15) is 27.9 Å². The lowest BCUT2D eigenvalue weighted by molar-refractivity contribution is -0.223. The number of alkyl halides is 3. The number of piperidine rings is 1. The predicted octanol–water partition coefficient (Wildman–Crippen LogP) is 3.25. The molecular weight excluding hydrogens is 417 g/mol. The summed E-state index contributed by atoms with van der Waals surface area (Å²) in [6.07, 6.45) is -6.65. The molecule has 0 radical (unpaired) electrons. The Labute approximate surface area is 176 Å². The van der Waals surface area contributed by atoms with Gasteiger partial charge in [0.25, 0.3) is 5.91 Å². The predicted molar refractivity (Wildman–Crippen MR) is 107 cm³/mol. The van der Waals surface area contributed by atoms with Crippen molar-refractivity contribution in [3.63, 3.8) is 0 Å². The molecule has 3 rings (SSSR count). The van der Waals surface area contributed by atoms with Crippen LogP contribution in [-0.4, -0.2) is 53.2 Å². The average Bonchev–Trinajstić information content (AvgIpc) is 3.27. The van der Waals surface area contributed by atoms with E-state index in [1.807, 2.05) is 30.3 Å². The van der Waals surface area contributed by atoms with Gasteiger partial charge in [0.15, 0.2) is 6.10 Å². The second kappa shape index (κ2) is 9.61. The molecule has 1 aliphatic rings. The highest BCUT2D eigenvalue weighted by molar-refractivity contribution is 7.12. The summed E-state index contributed by atoms with van der Waals surface area (Å²) in [7, 11) is 0. The van der Waals surface area contributed by atoms with Crippen molar-refractivity contribution in [3.8, 4) is 0 Å². The minimum Gasteiger partial charge on any atom is -0.383 e. The molecule has 0 bridgehead atoms. The van der Waals surface area contributed by atoms with E-state index in [1.54, 1.807) is 17.5 Å². The Hall–Kier alpha value is -2.39. The standard InChI is InChI=1S/C21H23F3N2O3S/c22-21(23,24)18(27)15-8-10-26(11-9-15)20(29)16(13-14-5-2-1-3-6-14)25-19(28)17-7-4-12-30-17/h1-7,12,15-16,18,27H,8-11,13H2,(H,25,28). The van der Waals surface area contributed by atoms with E-state index in [4.69, 9.17) is 0 Å². The molecule has 2 unspecified atom stereocenters. The third-order valence-corrected chi connectivity index (χ3v) is 6.13. The molecule has 0 aliphatic carbocycles. The SMILES string of the molecule is O=C(NC(Cc1ccccc1)C(=O)N1CCC(C(O)C(F)(F)F)CC1)c1cccs1. The van der Waals surface area contributed by atoms with Gasteiger partial charge in [-0.15, -0.1) is 11.3 Å². The summed E-state index contributed by atoms with van der Waals surface area (Å²) in [5.74, 6) is -1.62. The number of halogens is 3. The Morgan fingerprint density at radius 3 is 2.37 bits per heavy atom. The van der Waals surface area contributed by atoms with E-state index in [0.29, 0.717) is 4.88 Å². The van der Waals surface area contributed by atoms with Crippen LogP contribution in [-0.2, 0) is 11.2 Å². The number of aliphatic hydroxyl groups excluding tert-OH is 1. The summed E-state index contributed by atoms with van der Waals surface area (Å²) in [5, 5.41) is 14.0. The number of rotatable bonds is 6. The third kappa shape index (κ3) is 5.60. The first kappa shape index (κ1) is 22.3. The normalized spacial score (nSPS) is 17.4. The minimum atomic E-state index is -4.67. The molecule has 0 spiro atoms. The zero-order valence-corrected chi connectivity index (χ0v) is 17.0. The maximum atomic E-state index is 13.1. The molecule has 2 amide bonds. The summed E-state index contributed by atoms with van der Waals surface area (Å²) in [6, 6.07) is 11.8. The number of likely N-dealkylation sites (tertiary alicyclic amines) is 1. The summed E-state index contributed by atoms with van der Waals surface area (Å²) >= 11 is 1.26. The Bertz CT molecular complexity index is 835. The van der Waals surface area contributed by atoms with Crippen LogP contribution >= 0.6 is 11.3 Å². The molecular formula is C21H23F3N2O3S. The van der Waals surface area contributed by atoms with Crippen LogP contribution in [0.1, 0.15) is 28.1 Å². The van der Waals surface area contributed by atoms with Crippen LogP contribution in [0.15, 0.2) is 47.8 Å². The lowest BCUT2D eigenvalue weighted by atomic mass is 9.90. The highest BCUT2D eigenvalue weighted by Gasteiger charge is 2.44. The fraction of sp³-hybridized carbons (Fsp3) is 0.429. The molecule has 162 valence electrons. The molecule has 5 nitrogen and oxygen atoms in total. The maximum Gasteiger partial charge on any atom is 0.414 e. The second-order valence-electron chi connectivity index (χ2n) is 7.34. The van der Waals surface area contributed by atoms with Crippen molar-refractivity contribution >= 4 is 23.2 Å². The number of carbonyl (C=O) groups excluding carboxylic acids is 2. The highest BCUT2D eigenvalue weighted by atomic mass is 32.1. The zero-order chi connectivity index (χ0) is 21.7. The van der Waals surface area contributed by atoms with Crippen molar-refractivity contribution < 1.29 is 27.9 Å². The van der Waals surface area contributed by atoms with Crippen molar-refractivity contribution in [2.24, 2.45) is 5.92 Å². The smallest absolute Gasteiger partial charge is 0.383 e. The van der Waals surface area contributed by atoms with Crippen molar-refractivity contribution in [3.05, 3.63) is 58.3 Å². The maximum absolute atomic E-state index is 13.1. The number of hydrogen-bond acceptors (Lipinski definition) is 4. The number of amides is 2. The minimum absolute atomic E-state index is 0.0589. The molecule has 2 heterocycles. The number of hydrogen-bond donors (Lipinski definition) is 2. The highest BCUT2D eigenvalue weighted by Crippen LogP contribution is 2.31. The second-order valence-corrected chi connectivity index (χ2v) is 8.29. The number of thiophene rings is 1. The molecule has 1 fully saturated rings. The van der Waals surface area contributed by atoms with E-state index in [1.165, 1.54) is 16.2 Å². The van der Waals surface area contributed by atoms with E-state index in [2.05, 4.69) is 5.32 Å². The van der Waals surface area contributed by atoms with Gasteiger partial charge in [0, 0.05) is 19.5 Å². The van der Waals surface area contributed by atoms with E-state index < -0.39 is 24.2 Å². The van der Waals surface area contributed by atoms with E-state index in [0.717, 1.165) is 5.56 Å². The first-order chi connectivity index (χ1) is 14.3. The van der Waals surface area contributed by atoms with Crippen molar-refractivity contribution in [2.45, 2.75) is 37.6 Å². The fourth-order valence-corrected chi connectivity index (χ4v) is 4.24. The molecule has 1 aromatic carbocycles. The quantitative estimate of drug-likeness (QED) is 0.725. The van der Waals surface area contributed by atoms with Crippen LogP contribution in [0.4, 0.5) is 13.2 Å². The molecule has 0 saturated carbocycles.